The van der Waals surface area contributed by atoms with Crippen molar-refractivity contribution in [2.75, 3.05) is 27.9 Å². The predicted molar refractivity (Wildman–Crippen MR) is 109 cm³/mol. The average Bonchev–Trinajstić information content (AvgIpc) is 2.68. The number of esters is 1. The highest BCUT2D eigenvalue weighted by molar-refractivity contribution is 5.94. The lowest BCUT2D eigenvalue weighted by Gasteiger charge is -2.14. The molecular weight excluding hydrogens is 374 g/mol. The number of carbonyl (C=O) groups is 2. The number of hydrogen-bond donors (Lipinski definition) is 1. The third-order valence-electron chi connectivity index (χ3n) is 4.43. The summed E-state index contributed by atoms with van der Waals surface area (Å²) in [5.74, 6) is 0.543. The number of methoxy groups -OCH3 is 3. The molecule has 0 saturated carbocycles. The normalized spacial score (nSPS) is 10.3. The van der Waals surface area contributed by atoms with Gasteiger partial charge in [0.15, 0.2) is 18.1 Å². The van der Waals surface area contributed by atoms with Gasteiger partial charge < -0.3 is 24.3 Å². The third kappa shape index (κ3) is 5.40. The largest absolute Gasteiger partial charge is 0.493 e. The van der Waals surface area contributed by atoms with Crippen molar-refractivity contribution in [1.82, 2.24) is 5.32 Å². The van der Waals surface area contributed by atoms with Crippen LogP contribution < -0.4 is 19.5 Å². The number of rotatable bonds is 8. The standard InChI is InChI=1S/C22H27NO6/c1-13-7-14(2)20(15(3)8-13)22(25)29-12-19(24)23-11-16-9-17(26-4)21(28-6)18(10-16)27-5/h7-10H,11-12H2,1-6H3,(H,23,24). The van der Waals surface area contributed by atoms with E-state index in [0.717, 1.165) is 22.3 Å². The predicted octanol–water partition coefficient (Wildman–Crippen LogP) is 3.11. The van der Waals surface area contributed by atoms with Crippen molar-refractivity contribution < 1.29 is 28.5 Å². The highest BCUT2D eigenvalue weighted by Crippen LogP contribution is 2.38. The van der Waals surface area contributed by atoms with Crippen LogP contribution in [-0.2, 0) is 16.1 Å². The molecule has 0 heterocycles. The van der Waals surface area contributed by atoms with Crippen molar-refractivity contribution >= 4 is 11.9 Å². The number of ether oxygens (including phenoxy) is 4. The van der Waals surface area contributed by atoms with E-state index >= 15 is 0 Å². The zero-order valence-electron chi connectivity index (χ0n) is 17.7. The Morgan fingerprint density at radius 3 is 1.90 bits per heavy atom. The summed E-state index contributed by atoms with van der Waals surface area (Å²) in [6, 6.07) is 7.31. The summed E-state index contributed by atoms with van der Waals surface area (Å²) in [7, 11) is 4.57. The second-order valence-corrected chi connectivity index (χ2v) is 6.66. The minimum atomic E-state index is -0.511. The molecule has 2 rings (SSSR count). The van der Waals surface area contributed by atoms with E-state index in [1.54, 1.807) is 12.1 Å². The van der Waals surface area contributed by atoms with Crippen LogP contribution in [0, 0.1) is 20.8 Å². The quantitative estimate of drug-likeness (QED) is 0.685. The maximum atomic E-state index is 12.4. The van der Waals surface area contributed by atoms with E-state index in [9.17, 15) is 9.59 Å². The zero-order valence-corrected chi connectivity index (χ0v) is 17.7. The Bertz CT molecular complexity index is 858. The number of amides is 1. The maximum Gasteiger partial charge on any atom is 0.339 e. The number of nitrogens with one attached hydrogen (secondary N) is 1. The molecule has 29 heavy (non-hydrogen) atoms. The smallest absolute Gasteiger partial charge is 0.339 e. The lowest BCUT2D eigenvalue weighted by Crippen LogP contribution is -2.28. The first-order chi connectivity index (χ1) is 13.8. The molecule has 0 spiro atoms. The molecule has 0 atom stereocenters. The monoisotopic (exact) mass is 401 g/mol. The third-order valence-corrected chi connectivity index (χ3v) is 4.43. The van der Waals surface area contributed by atoms with Crippen LogP contribution in [0.15, 0.2) is 24.3 Å². The first kappa shape index (κ1) is 22.1. The SMILES string of the molecule is COc1cc(CNC(=O)COC(=O)c2c(C)cc(C)cc2C)cc(OC)c1OC. The van der Waals surface area contributed by atoms with E-state index in [4.69, 9.17) is 18.9 Å². The van der Waals surface area contributed by atoms with E-state index in [1.165, 1.54) is 21.3 Å². The molecule has 0 bridgehead atoms. The van der Waals surface area contributed by atoms with Gasteiger partial charge in [-0.05, 0) is 49.6 Å². The summed E-state index contributed by atoms with van der Waals surface area (Å²) < 4.78 is 21.1. The van der Waals surface area contributed by atoms with Crippen LogP contribution in [0.2, 0.25) is 0 Å². The van der Waals surface area contributed by atoms with E-state index in [1.807, 2.05) is 32.9 Å². The molecule has 0 aliphatic heterocycles. The van der Waals surface area contributed by atoms with Crippen molar-refractivity contribution in [3.05, 3.63) is 52.1 Å². The Hall–Kier alpha value is -3.22. The highest BCUT2D eigenvalue weighted by Gasteiger charge is 2.17. The van der Waals surface area contributed by atoms with Crippen LogP contribution in [0.4, 0.5) is 0 Å². The van der Waals surface area contributed by atoms with E-state index < -0.39 is 11.9 Å². The van der Waals surface area contributed by atoms with Crippen LogP contribution in [0.1, 0.15) is 32.6 Å². The summed E-state index contributed by atoms with van der Waals surface area (Å²) in [6.45, 7) is 5.51. The van der Waals surface area contributed by atoms with Crippen LogP contribution in [0.5, 0.6) is 17.2 Å². The van der Waals surface area contributed by atoms with Gasteiger partial charge in [-0.15, -0.1) is 0 Å². The Morgan fingerprint density at radius 2 is 1.41 bits per heavy atom. The van der Waals surface area contributed by atoms with Gasteiger partial charge in [-0.2, -0.15) is 0 Å². The number of carbonyl (C=O) groups excluding carboxylic acids is 2. The second kappa shape index (κ2) is 9.82. The van der Waals surface area contributed by atoms with E-state index in [0.29, 0.717) is 22.8 Å². The zero-order chi connectivity index (χ0) is 21.6. The summed E-state index contributed by atoms with van der Waals surface area (Å²) in [5, 5.41) is 2.72. The molecule has 1 amide bonds. The van der Waals surface area contributed by atoms with Crippen molar-refractivity contribution in [2.24, 2.45) is 0 Å². The minimum absolute atomic E-state index is 0.218. The topological polar surface area (TPSA) is 83.1 Å². The average molecular weight is 401 g/mol. The number of aryl methyl sites for hydroxylation is 3. The van der Waals surface area contributed by atoms with Crippen LogP contribution >= 0.6 is 0 Å². The van der Waals surface area contributed by atoms with Gasteiger partial charge in [0.2, 0.25) is 5.75 Å². The molecule has 0 saturated heterocycles. The molecule has 156 valence electrons. The van der Waals surface area contributed by atoms with Gasteiger partial charge in [0.1, 0.15) is 0 Å². The summed E-state index contributed by atoms with van der Waals surface area (Å²) in [6.07, 6.45) is 0. The van der Waals surface area contributed by atoms with Crippen molar-refractivity contribution in [2.45, 2.75) is 27.3 Å². The van der Waals surface area contributed by atoms with Gasteiger partial charge in [0.25, 0.3) is 5.91 Å². The molecule has 0 aromatic heterocycles. The Kier molecular flexibility index (Phi) is 7.47. The van der Waals surface area contributed by atoms with Crippen molar-refractivity contribution in [3.8, 4) is 17.2 Å². The van der Waals surface area contributed by atoms with Crippen molar-refractivity contribution in [1.29, 1.82) is 0 Å². The lowest BCUT2D eigenvalue weighted by molar-refractivity contribution is -0.124. The van der Waals surface area contributed by atoms with Gasteiger partial charge in [-0.3, -0.25) is 4.79 Å². The number of benzene rings is 2. The van der Waals surface area contributed by atoms with Crippen molar-refractivity contribution in [3.63, 3.8) is 0 Å². The fourth-order valence-electron chi connectivity index (χ4n) is 3.19. The highest BCUT2D eigenvalue weighted by atomic mass is 16.5. The molecule has 0 fully saturated rings. The molecule has 2 aromatic carbocycles. The van der Waals surface area contributed by atoms with Crippen LogP contribution in [-0.4, -0.2) is 39.8 Å². The molecule has 0 unspecified atom stereocenters. The molecule has 2 aromatic rings. The fourth-order valence-corrected chi connectivity index (χ4v) is 3.19. The van der Waals surface area contributed by atoms with E-state index in [2.05, 4.69) is 5.32 Å². The van der Waals surface area contributed by atoms with Gasteiger partial charge in [0, 0.05) is 6.54 Å². The summed E-state index contributed by atoms with van der Waals surface area (Å²) in [5.41, 5.74) is 3.97. The first-order valence-corrected chi connectivity index (χ1v) is 9.11. The molecule has 7 heteroatoms. The molecule has 1 N–H and O–H groups in total. The molecule has 0 radical (unpaired) electrons. The lowest BCUT2D eigenvalue weighted by atomic mass is 10.00. The molecule has 0 aliphatic rings. The van der Waals surface area contributed by atoms with Gasteiger partial charge >= 0.3 is 5.97 Å². The van der Waals surface area contributed by atoms with E-state index in [-0.39, 0.29) is 13.2 Å². The summed E-state index contributed by atoms with van der Waals surface area (Å²) in [4.78, 5) is 24.5. The van der Waals surface area contributed by atoms with Gasteiger partial charge in [-0.1, -0.05) is 17.7 Å². The van der Waals surface area contributed by atoms with Gasteiger partial charge in [-0.25, -0.2) is 4.79 Å². The van der Waals surface area contributed by atoms with Crippen LogP contribution in [0.3, 0.4) is 0 Å². The Labute approximate surface area is 170 Å². The van der Waals surface area contributed by atoms with Gasteiger partial charge in [0.05, 0.1) is 26.9 Å². The maximum absolute atomic E-state index is 12.4. The number of hydrogen-bond acceptors (Lipinski definition) is 6. The molecule has 7 nitrogen and oxygen atoms in total. The summed E-state index contributed by atoms with van der Waals surface area (Å²) >= 11 is 0. The Morgan fingerprint density at radius 1 is 0.862 bits per heavy atom. The van der Waals surface area contributed by atoms with Crippen LogP contribution in [0.25, 0.3) is 0 Å². The first-order valence-electron chi connectivity index (χ1n) is 9.11. The minimum Gasteiger partial charge on any atom is -0.493 e. The molecular formula is C22H27NO6. The molecule has 0 aliphatic carbocycles. The Balaban J connectivity index is 1.98. The second-order valence-electron chi connectivity index (χ2n) is 6.66. The fraction of sp³-hybridized carbons (Fsp3) is 0.364.